The van der Waals surface area contributed by atoms with E-state index in [1.807, 2.05) is 6.92 Å². The number of likely N-dealkylation sites (N-methyl/N-ethyl adjacent to an activating group) is 1. The van der Waals surface area contributed by atoms with E-state index in [1.54, 1.807) is 0 Å². The fraction of sp³-hybridized carbons (Fsp3) is 0.857. The lowest BCUT2D eigenvalue weighted by molar-refractivity contribution is -0.143. The van der Waals surface area contributed by atoms with Gasteiger partial charge in [-0.1, -0.05) is 6.92 Å². The minimum absolute atomic E-state index is 0. The van der Waals surface area contributed by atoms with Crippen LogP contribution >= 0.6 is 24.0 Å². The second-order valence-electron chi connectivity index (χ2n) is 4.99. The number of hydrogen-bond acceptors (Lipinski definition) is 4. The Hall–Kier alpha value is -0.570. The van der Waals surface area contributed by atoms with Gasteiger partial charge in [-0.3, -0.25) is 14.7 Å². The van der Waals surface area contributed by atoms with Crippen molar-refractivity contribution >= 4 is 35.9 Å². The van der Waals surface area contributed by atoms with Gasteiger partial charge in [0.2, 0.25) is 0 Å². The van der Waals surface area contributed by atoms with E-state index in [0.29, 0.717) is 38.0 Å². The maximum absolute atomic E-state index is 11.1. The molecule has 0 bridgehead atoms. The molecule has 1 fully saturated rings. The molecular formula is C14H29IN4O2. The summed E-state index contributed by atoms with van der Waals surface area (Å²) in [5.41, 5.74) is 5.82. The summed E-state index contributed by atoms with van der Waals surface area (Å²) in [5.74, 6) is 0.311. The van der Waals surface area contributed by atoms with Gasteiger partial charge in [0, 0.05) is 19.0 Å². The van der Waals surface area contributed by atoms with Crippen molar-refractivity contribution in [2.75, 3.05) is 32.8 Å². The molecule has 0 aromatic carbocycles. The number of aliphatic imine (C=N–C) groups is 1. The fourth-order valence-electron chi connectivity index (χ4n) is 2.46. The van der Waals surface area contributed by atoms with Crippen LogP contribution in [0.15, 0.2) is 4.99 Å². The highest BCUT2D eigenvalue weighted by Crippen LogP contribution is 2.16. The number of rotatable bonds is 8. The largest absolute Gasteiger partial charge is 0.466 e. The van der Waals surface area contributed by atoms with Crippen LogP contribution in [0.1, 0.15) is 39.5 Å². The molecule has 0 aromatic rings. The predicted octanol–water partition coefficient (Wildman–Crippen LogP) is 1.34. The van der Waals surface area contributed by atoms with Crippen LogP contribution in [0, 0.1) is 0 Å². The van der Waals surface area contributed by atoms with E-state index < -0.39 is 0 Å². The molecule has 1 heterocycles. The predicted molar refractivity (Wildman–Crippen MR) is 96.0 cm³/mol. The molecule has 6 nitrogen and oxygen atoms in total. The zero-order chi connectivity index (χ0) is 14.8. The highest BCUT2D eigenvalue weighted by molar-refractivity contribution is 14.0. The van der Waals surface area contributed by atoms with Crippen LogP contribution in [0.25, 0.3) is 0 Å². The zero-order valence-electron chi connectivity index (χ0n) is 13.1. The number of nitrogens with zero attached hydrogens (tertiary/aromatic N) is 2. The molecule has 1 rings (SSSR count). The molecule has 1 aliphatic heterocycles. The fourth-order valence-corrected chi connectivity index (χ4v) is 2.46. The highest BCUT2D eigenvalue weighted by Gasteiger charge is 2.22. The third kappa shape index (κ3) is 8.45. The number of carbonyl (C=O) groups is 1. The molecule has 1 aliphatic rings. The number of nitrogens with one attached hydrogen (secondary N) is 1. The molecule has 1 unspecified atom stereocenters. The monoisotopic (exact) mass is 412 g/mol. The number of nitrogens with two attached hydrogens (primary N) is 1. The van der Waals surface area contributed by atoms with Gasteiger partial charge in [-0.2, -0.15) is 0 Å². The minimum Gasteiger partial charge on any atom is -0.466 e. The van der Waals surface area contributed by atoms with Crippen LogP contribution in [0.4, 0.5) is 0 Å². The molecule has 124 valence electrons. The van der Waals surface area contributed by atoms with Crippen LogP contribution in [0.5, 0.6) is 0 Å². The topological polar surface area (TPSA) is 79.9 Å². The van der Waals surface area contributed by atoms with E-state index in [-0.39, 0.29) is 29.9 Å². The van der Waals surface area contributed by atoms with Crippen molar-refractivity contribution in [2.45, 2.75) is 45.6 Å². The van der Waals surface area contributed by atoms with Crippen LogP contribution in [0.2, 0.25) is 0 Å². The molecule has 0 aromatic heterocycles. The van der Waals surface area contributed by atoms with Crippen molar-refractivity contribution in [3.05, 3.63) is 0 Å². The highest BCUT2D eigenvalue weighted by atomic mass is 127. The number of hydrogen-bond donors (Lipinski definition) is 2. The second kappa shape index (κ2) is 12.0. The van der Waals surface area contributed by atoms with Crippen LogP contribution in [-0.2, 0) is 9.53 Å². The number of esters is 1. The number of guanidine groups is 1. The van der Waals surface area contributed by atoms with E-state index in [1.165, 1.54) is 19.4 Å². The van der Waals surface area contributed by atoms with E-state index in [9.17, 15) is 4.79 Å². The third-order valence-electron chi connectivity index (χ3n) is 3.55. The van der Waals surface area contributed by atoms with Crippen molar-refractivity contribution in [3.63, 3.8) is 0 Å². The quantitative estimate of drug-likeness (QED) is 0.207. The van der Waals surface area contributed by atoms with E-state index >= 15 is 0 Å². The minimum atomic E-state index is -0.158. The van der Waals surface area contributed by atoms with Gasteiger partial charge in [0.15, 0.2) is 5.96 Å². The Labute approximate surface area is 144 Å². The number of likely N-dealkylation sites (tertiary alicyclic amines) is 1. The number of halogens is 1. The van der Waals surface area contributed by atoms with Crippen molar-refractivity contribution in [1.82, 2.24) is 10.2 Å². The molecule has 0 aliphatic carbocycles. The van der Waals surface area contributed by atoms with Crippen LogP contribution in [0.3, 0.4) is 0 Å². The van der Waals surface area contributed by atoms with Crippen LogP contribution in [-0.4, -0.2) is 55.7 Å². The molecule has 0 radical (unpaired) electrons. The average Bonchev–Trinajstić information content (AvgIpc) is 2.89. The van der Waals surface area contributed by atoms with Gasteiger partial charge in [0.1, 0.15) is 0 Å². The SMILES string of the molecule is CCOC(=O)CCCNC(N)=NCC1CCCN1CC.I. The summed E-state index contributed by atoms with van der Waals surface area (Å²) in [6, 6.07) is 0.528. The van der Waals surface area contributed by atoms with Gasteiger partial charge in [-0.15, -0.1) is 24.0 Å². The number of ether oxygens (including phenoxy) is 1. The van der Waals surface area contributed by atoms with Gasteiger partial charge in [0.05, 0.1) is 13.2 Å². The van der Waals surface area contributed by atoms with Crippen molar-refractivity contribution < 1.29 is 9.53 Å². The number of carbonyl (C=O) groups excluding carboxylic acids is 1. The Bertz CT molecular complexity index is 326. The van der Waals surface area contributed by atoms with E-state index in [0.717, 1.165) is 13.1 Å². The summed E-state index contributed by atoms with van der Waals surface area (Å²) in [5, 5.41) is 3.04. The Balaban J connectivity index is 0.00000400. The summed E-state index contributed by atoms with van der Waals surface area (Å²) < 4.78 is 4.85. The Morgan fingerprint density at radius 3 is 2.90 bits per heavy atom. The first-order valence-corrected chi connectivity index (χ1v) is 7.60. The molecule has 21 heavy (non-hydrogen) atoms. The summed E-state index contributed by atoms with van der Waals surface area (Å²) in [6.45, 7) is 8.07. The average molecular weight is 412 g/mol. The lowest BCUT2D eigenvalue weighted by Crippen LogP contribution is -2.36. The Morgan fingerprint density at radius 1 is 1.48 bits per heavy atom. The van der Waals surface area contributed by atoms with Gasteiger partial charge in [-0.25, -0.2) is 0 Å². The lowest BCUT2D eigenvalue weighted by Gasteiger charge is -2.20. The first kappa shape index (κ1) is 20.4. The Kier molecular flexibility index (Phi) is 11.7. The van der Waals surface area contributed by atoms with Crippen LogP contribution < -0.4 is 11.1 Å². The summed E-state index contributed by atoms with van der Waals surface area (Å²) >= 11 is 0. The molecule has 1 atom stereocenters. The van der Waals surface area contributed by atoms with Crippen molar-refractivity contribution in [2.24, 2.45) is 10.7 Å². The smallest absolute Gasteiger partial charge is 0.305 e. The van der Waals surface area contributed by atoms with Gasteiger partial charge in [-0.05, 0) is 39.3 Å². The van der Waals surface area contributed by atoms with E-state index in [2.05, 4.69) is 22.1 Å². The third-order valence-corrected chi connectivity index (χ3v) is 3.55. The molecule has 3 N–H and O–H groups in total. The van der Waals surface area contributed by atoms with Crippen molar-refractivity contribution in [1.29, 1.82) is 0 Å². The maximum atomic E-state index is 11.1. The molecule has 0 saturated carbocycles. The normalized spacial score (nSPS) is 19.1. The summed E-state index contributed by atoms with van der Waals surface area (Å²) in [4.78, 5) is 18.0. The summed E-state index contributed by atoms with van der Waals surface area (Å²) in [6.07, 6.45) is 3.58. The molecular weight excluding hydrogens is 383 g/mol. The first-order valence-electron chi connectivity index (χ1n) is 7.60. The van der Waals surface area contributed by atoms with Crippen molar-refractivity contribution in [3.8, 4) is 0 Å². The zero-order valence-corrected chi connectivity index (χ0v) is 15.5. The molecule has 7 heteroatoms. The lowest BCUT2D eigenvalue weighted by atomic mass is 10.2. The standard InChI is InChI=1S/C14H28N4O2.HI/c1-3-18-10-6-7-12(18)11-17-14(15)16-9-5-8-13(19)20-4-2;/h12H,3-11H2,1-2H3,(H3,15,16,17);1H. The van der Waals surface area contributed by atoms with Gasteiger partial charge in [0.25, 0.3) is 0 Å². The van der Waals surface area contributed by atoms with Gasteiger partial charge < -0.3 is 15.8 Å². The second-order valence-corrected chi connectivity index (χ2v) is 4.99. The summed E-state index contributed by atoms with van der Waals surface area (Å²) in [7, 11) is 0. The molecule has 0 spiro atoms. The first-order chi connectivity index (χ1) is 9.67. The molecule has 1 saturated heterocycles. The molecule has 0 amide bonds. The maximum Gasteiger partial charge on any atom is 0.305 e. The Morgan fingerprint density at radius 2 is 2.24 bits per heavy atom. The van der Waals surface area contributed by atoms with E-state index in [4.69, 9.17) is 10.5 Å². The van der Waals surface area contributed by atoms with Gasteiger partial charge >= 0.3 is 5.97 Å².